The van der Waals surface area contributed by atoms with Gasteiger partial charge in [-0.15, -0.1) is 11.3 Å². The first-order chi connectivity index (χ1) is 14.5. The van der Waals surface area contributed by atoms with Crippen LogP contribution in [0.25, 0.3) is 0 Å². The summed E-state index contributed by atoms with van der Waals surface area (Å²) in [5.41, 5.74) is 0.669. The largest absolute Gasteiger partial charge is 0.454 e. The third-order valence-electron chi connectivity index (χ3n) is 5.81. The first kappa shape index (κ1) is 20.7. The maximum absolute atomic E-state index is 12.4. The van der Waals surface area contributed by atoms with Crippen LogP contribution in [0.3, 0.4) is 0 Å². The van der Waals surface area contributed by atoms with Crippen LogP contribution in [-0.2, 0) is 21.5 Å². The summed E-state index contributed by atoms with van der Waals surface area (Å²) in [6.07, 6.45) is 3.61. The number of aliphatic hydroxyl groups excluding tert-OH is 1. The lowest BCUT2D eigenvalue weighted by Gasteiger charge is -2.28. The molecule has 4 rings (SSSR count). The third kappa shape index (κ3) is 4.29. The number of hydrogen-bond donors (Lipinski definition) is 3. The van der Waals surface area contributed by atoms with Crippen molar-refractivity contribution in [1.29, 1.82) is 0 Å². The van der Waals surface area contributed by atoms with E-state index in [0.717, 1.165) is 41.0 Å². The van der Waals surface area contributed by atoms with Gasteiger partial charge in [0.05, 0.1) is 6.10 Å². The highest BCUT2D eigenvalue weighted by molar-refractivity contribution is 7.12. The monoisotopic (exact) mass is 430 g/mol. The van der Waals surface area contributed by atoms with Crippen LogP contribution in [0.1, 0.15) is 54.0 Å². The molecule has 3 N–H and O–H groups in total. The zero-order valence-electron chi connectivity index (χ0n) is 16.9. The average Bonchev–Trinajstić information content (AvgIpc) is 3.50. The molecule has 0 saturated heterocycles. The van der Waals surface area contributed by atoms with E-state index >= 15 is 0 Å². The van der Waals surface area contributed by atoms with E-state index in [-0.39, 0.29) is 18.8 Å². The molecule has 30 heavy (non-hydrogen) atoms. The minimum atomic E-state index is -0.656. The summed E-state index contributed by atoms with van der Waals surface area (Å²) in [6.45, 7) is 2.60. The summed E-state index contributed by atoms with van der Waals surface area (Å²) < 4.78 is 10.6. The average molecular weight is 431 g/mol. The fourth-order valence-electron chi connectivity index (χ4n) is 4.07. The minimum absolute atomic E-state index is 0.162. The molecule has 1 saturated carbocycles. The molecular formula is C22H26N2O5S. The van der Waals surface area contributed by atoms with E-state index in [1.54, 1.807) is 30.4 Å². The van der Waals surface area contributed by atoms with Crippen molar-refractivity contribution >= 4 is 23.2 Å². The van der Waals surface area contributed by atoms with E-state index in [4.69, 9.17) is 9.47 Å². The third-order valence-corrected chi connectivity index (χ3v) is 7.31. The molecule has 160 valence electrons. The van der Waals surface area contributed by atoms with Crippen molar-refractivity contribution in [2.24, 2.45) is 0 Å². The van der Waals surface area contributed by atoms with E-state index < -0.39 is 17.9 Å². The van der Waals surface area contributed by atoms with E-state index in [9.17, 15) is 14.7 Å². The molecule has 1 aromatic carbocycles. The maximum Gasteiger partial charge on any atom is 0.309 e. The van der Waals surface area contributed by atoms with Crippen LogP contribution < -0.4 is 20.1 Å². The molecule has 0 radical (unpaired) electrons. The van der Waals surface area contributed by atoms with Gasteiger partial charge < -0.3 is 25.2 Å². The maximum atomic E-state index is 12.4. The Balaban J connectivity index is 1.33. The fourth-order valence-corrected chi connectivity index (χ4v) is 5.26. The van der Waals surface area contributed by atoms with Crippen LogP contribution in [0.4, 0.5) is 0 Å². The fraction of sp³-hybridized carbons (Fsp3) is 0.455. The summed E-state index contributed by atoms with van der Waals surface area (Å²) in [4.78, 5) is 26.8. The molecule has 1 aromatic heterocycles. The molecule has 2 amide bonds. The van der Waals surface area contributed by atoms with Gasteiger partial charge in [-0.05, 0) is 49.6 Å². The molecule has 0 spiro atoms. The number of benzene rings is 1. The topological polar surface area (TPSA) is 96.9 Å². The van der Waals surface area contributed by atoms with Crippen molar-refractivity contribution in [3.05, 3.63) is 45.6 Å². The number of rotatable bonds is 6. The number of thiophene rings is 1. The molecule has 2 aromatic rings. The minimum Gasteiger partial charge on any atom is -0.454 e. The Hall–Kier alpha value is -2.58. The molecular weight excluding hydrogens is 404 g/mol. The van der Waals surface area contributed by atoms with Gasteiger partial charge in [0, 0.05) is 28.3 Å². The van der Waals surface area contributed by atoms with Crippen molar-refractivity contribution in [2.75, 3.05) is 13.3 Å². The van der Waals surface area contributed by atoms with Crippen molar-refractivity contribution in [3.8, 4) is 11.5 Å². The molecule has 1 aliphatic carbocycles. The van der Waals surface area contributed by atoms with Gasteiger partial charge in [-0.3, -0.25) is 9.59 Å². The van der Waals surface area contributed by atoms with Crippen molar-refractivity contribution in [3.63, 3.8) is 0 Å². The Morgan fingerprint density at radius 1 is 1.10 bits per heavy atom. The molecule has 1 atom stereocenters. The summed E-state index contributed by atoms with van der Waals surface area (Å²) in [5, 5.41) is 15.3. The highest BCUT2D eigenvalue weighted by Gasteiger charge is 2.37. The van der Waals surface area contributed by atoms with Crippen molar-refractivity contribution < 1.29 is 24.2 Å². The number of nitrogens with one attached hydrogen (secondary N) is 2. The van der Waals surface area contributed by atoms with Gasteiger partial charge in [-0.1, -0.05) is 18.9 Å². The summed E-state index contributed by atoms with van der Waals surface area (Å²) in [7, 11) is 0. The van der Waals surface area contributed by atoms with Gasteiger partial charge in [0.25, 0.3) is 0 Å². The normalized spacial score (nSPS) is 17.5. The summed E-state index contributed by atoms with van der Waals surface area (Å²) in [6, 6.07) is 9.41. The van der Waals surface area contributed by atoms with Gasteiger partial charge in [-0.2, -0.15) is 0 Å². The molecule has 8 heteroatoms. The highest BCUT2D eigenvalue weighted by Crippen LogP contribution is 2.44. The summed E-state index contributed by atoms with van der Waals surface area (Å²) in [5.74, 6) is 0.0323. The second-order valence-corrected chi connectivity index (χ2v) is 9.03. The second kappa shape index (κ2) is 8.65. The van der Waals surface area contributed by atoms with Crippen LogP contribution in [0.2, 0.25) is 0 Å². The van der Waals surface area contributed by atoms with Gasteiger partial charge in [-0.25, -0.2) is 0 Å². The predicted octanol–water partition coefficient (Wildman–Crippen LogP) is 2.77. The number of ether oxygens (including phenoxy) is 2. The molecule has 1 aliphatic heterocycles. The smallest absolute Gasteiger partial charge is 0.309 e. The Labute approximate surface area is 179 Å². The Kier molecular flexibility index (Phi) is 5.97. The van der Waals surface area contributed by atoms with Crippen LogP contribution in [0.15, 0.2) is 30.3 Å². The van der Waals surface area contributed by atoms with Crippen LogP contribution in [0, 0.1) is 0 Å². The number of carbonyl (C=O) groups is 2. The van der Waals surface area contributed by atoms with E-state index in [1.165, 1.54) is 0 Å². The van der Waals surface area contributed by atoms with E-state index in [0.29, 0.717) is 18.0 Å². The summed E-state index contributed by atoms with van der Waals surface area (Å²) >= 11 is 1.59. The molecule has 0 bridgehead atoms. The molecule has 2 heterocycles. The SMILES string of the molecule is CC(O)c1ccc(C2(CNC(=O)C(=O)NCc3ccc4c(c3)OCO4)CCCC2)s1. The number of aliphatic hydroxyl groups is 1. The van der Waals surface area contributed by atoms with Crippen LogP contribution in [-0.4, -0.2) is 30.3 Å². The lowest BCUT2D eigenvalue weighted by Crippen LogP contribution is -2.45. The van der Waals surface area contributed by atoms with Crippen LogP contribution >= 0.6 is 11.3 Å². The standard InChI is InChI=1S/C22H26N2O5S/c1-14(25)18-6-7-19(30-18)22(8-2-3-9-22)12-24-21(27)20(26)23-11-15-4-5-16-17(10-15)29-13-28-16/h4-7,10,14,25H,2-3,8-9,11-13H2,1H3,(H,23,26)(H,24,27). The lowest BCUT2D eigenvalue weighted by atomic mass is 9.84. The van der Waals surface area contributed by atoms with Gasteiger partial charge in [0.2, 0.25) is 6.79 Å². The molecule has 7 nitrogen and oxygen atoms in total. The Bertz CT molecular complexity index is 933. The molecule has 1 fully saturated rings. The van der Waals surface area contributed by atoms with Gasteiger partial charge in [0.15, 0.2) is 11.5 Å². The second-order valence-electron chi connectivity index (χ2n) is 7.92. The number of amides is 2. The first-order valence-corrected chi connectivity index (χ1v) is 11.0. The highest BCUT2D eigenvalue weighted by atomic mass is 32.1. The lowest BCUT2D eigenvalue weighted by molar-refractivity contribution is -0.139. The zero-order chi connectivity index (χ0) is 21.1. The molecule has 2 aliphatic rings. The number of hydrogen-bond acceptors (Lipinski definition) is 6. The van der Waals surface area contributed by atoms with Crippen LogP contribution in [0.5, 0.6) is 11.5 Å². The van der Waals surface area contributed by atoms with Gasteiger partial charge in [0.1, 0.15) is 0 Å². The van der Waals surface area contributed by atoms with Gasteiger partial charge >= 0.3 is 11.8 Å². The number of carbonyl (C=O) groups excluding carboxylic acids is 2. The Morgan fingerprint density at radius 3 is 2.57 bits per heavy atom. The molecule has 1 unspecified atom stereocenters. The van der Waals surface area contributed by atoms with E-state index in [1.807, 2.05) is 18.2 Å². The Morgan fingerprint density at radius 2 is 1.83 bits per heavy atom. The van der Waals surface area contributed by atoms with Crippen molar-refractivity contribution in [2.45, 2.75) is 50.7 Å². The quantitative estimate of drug-likeness (QED) is 0.613. The predicted molar refractivity (Wildman–Crippen MR) is 113 cm³/mol. The number of fused-ring (bicyclic) bond motifs is 1. The first-order valence-electron chi connectivity index (χ1n) is 10.2. The van der Waals surface area contributed by atoms with E-state index in [2.05, 4.69) is 10.6 Å². The van der Waals surface area contributed by atoms with Crippen molar-refractivity contribution in [1.82, 2.24) is 10.6 Å². The zero-order valence-corrected chi connectivity index (χ0v) is 17.7.